The largest absolute Gasteiger partial charge is 0.481 e. The highest BCUT2D eigenvalue weighted by molar-refractivity contribution is 6.31. The van der Waals surface area contributed by atoms with Crippen molar-refractivity contribution in [3.8, 4) is 0 Å². The average molecular weight is 585 g/mol. The van der Waals surface area contributed by atoms with Crippen molar-refractivity contribution in [3.05, 3.63) is 85.0 Å². The van der Waals surface area contributed by atoms with Crippen molar-refractivity contribution < 1.29 is 29.4 Å². The van der Waals surface area contributed by atoms with Crippen molar-refractivity contribution >= 4 is 47.7 Å². The van der Waals surface area contributed by atoms with Gasteiger partial charge in [-0.15, -0.1) is 0 Å². The molecule has 4 heterocycles. The van der Waals surface area contributed by atoms with Crippen molar-refractivity contribution in [2.75, 3.05) is 0 Å². The fourth-order valence-corrected chi connectivity index (χ4v) is 5.57. The molecule has 0 aliphatic carbocycles. The number of carboxylic acids is 2. The van der Waals surface area contributed by atoms with Crippen molar-refractivity contribution in [3.63, 3.8) is 0 Å². The molecule has 0 radical (unpaired) electrons. The molecule has 4 rings (SSSR count). The van der Waals surface area contributed by atoms with Crippen LogP contribution < -0.4 is 16.0 Å². The monoisotopic (exact) mass is 584 g/mol. The minimum atomic E-state index is -0.933. The van der Waals surface area contributed by atoms with Crippen LogP contribution in [0.15, 0.2) is 45.6 Å². The number of carbonyl (C=O) groups is 4. The number of hydrogen-bond acceptors (Lipinski definition) is 4. The van der Waals surface area contributed by atoms with E-state index in [1.807, 2.05) is 32.9 Å². The van der Waals surface area contributed by atoms with Crippen LogP contribution in [-0.2, 0) is 32.0 Å². The van der Waals surface area contributed by atoms with Crippen LogP contribution in [0.1, 0.15) is 73.7 Å². The number of hydrogen-bond donors (Lipinski definition) is 5. The highest BCUT2D eigenvalue weighted by Crippen LogP contribution is 2.28. The van der Waals surface area contributed by atoms with Crippen LogP contribution in [0.4, 0.5) is 0 Å². The molecule has 0 fully saturated rings. The highest BCUT2D eigenvalue weighted by atomic mass is 16.4. The number of amides is 2. The lowest BCUT2D eigenvalue weighted by atomic mass is 10.0. The molecule has 0 bridgehead atoms. The number of carboxylic acid groups (broad SMARTS) is 2. The maximum atomic E-state index is 12.3. The maximum Gasteiger partial charge on any atom is 0.303 e. The van der Waals surface area contributed by atoms with E-state index < -0.39 is 11.9 Å². The molecule has 0 saturated heterocycles. The van der Waals surface area contributed by atoms with Gasteiger partial charge < -0.3 is 25.5 Å². The lowest BCUT2D eigenvalue weighted by Gasteiger charge is -2.04. The lowest BCUT2D eigenvalue weighted by molar-refractivity contribution is -0.138. The quantitative estimate of drug-likeness (QED) is 0.272. The van der Waals surface area contributed by atoms with Crippen molar-refractivity contribution in [1.82, 2.24) is 15.3 Å². The van der Waals surface area contributed by atoms with Gasteiger partial charge in [0.15, 0.2) is 0 Å². The average Bonchev–Trinajstić information content (AvgIpc) is 3.59. The van der Waals surface area contributed by atoms with Gasteiger partial charge in [-0.2, -0.15) is 0 Å². The Hall–Kier alpha value is -4.99. The van der Waals surface area contributed by atoms with E-state index in [0.29, 0.717) is 50.9 Å². The van der Waals surface area contributed by atoms with E-state index in [4.69, 9.17) is 0 Å². The Morgan fingerprint density at radius 1 is 0.837 bits per heavy atom. The van der Waals surface area contributed by atoms with E-state index in [2.05, 4.69) is 26.9 Å². The van der Waals surface area contributed by atoms with E-state index in [9.17, 15) is 29.4 Å². The number of aromatic amines is 2. The van der Waals surface area contributed by atoms with Crippen molar-refractivity contribution in [2.24, 2.45) is 4.99 Å². The number of nitrogens with zero attached hydrogens (tertiary/aromatic N) is 1. The Morgan fingerprint density at radius 3 is 2.07 bits per heavy atom. The first-order valence-electron chi connectivity index (χ1n) is 14.1. The minimum absolute atomic E-state index is 0.0781. The van der Waals surface area contributed by atoms with Crippen LogP contribution in [0.25, 0.3) is 18.2 Å². The molecule has 0 aromatic carbocycles. The predicted octanol–water partition coefficient (Wildman–Crippen LogP) is 3.28. The zero-order valence-electron chi connectivity index (χ0n) is 25.0. The molecule has 10 heteroatoms. The first kappa shape index (κ1) is 31.0. The zero-order valence-corrected chi connectivity index (χ0v) is 25.0. The molecule has 0 atom stereocenters. The molecular weight excluding hydrogens is 548 g/mol. The number of allylic oxidation sites excluding steroid dienone is 2. The van der Waals surface area contributed by atoms with Crippen LogP contribution in [0.2, 0.25) is 0 Å². The number of aromatic nitrogens is 2. The second-order valence-corrected chi connectivity index (χ2v) is 10.7. The number of H-pyrrole nitrogens is 2. The molecule has 224 valence electrons. The van der Waals surface area contributed by atoms with Crippen molar-refractivity contribution in [2.45, 2.75) is 66.7 Å². The molecule has 2 aliphatic heterocycles. The predicted molar refractivity (Wildman–Crippen MR) is 165 cm³/mol. The molecule has 0 unspecified atom stereocenters. The summed E-state index contributed by atoms with van der Waals surface area (Å²) < 4.78 is 0. The molecule has 2 aromatic rings. The standard InChI is InChI=1S/C33H36N4O6/c1-7-20-19(6)32(42)37-27(20)14-25-18(5)23(10-12-31(40)41)29(35-25)15-28-22(9-11-30(38)39)17(4)24(34-28)13-26-16(3)21(8-2)33(43)36-26/h8,13-15,34-35H,2,7,9-12H2,1,3-6H3,(H,37,42)(H,38,39)(H,40,41)/b24-13+,27-14-,28-15-. The summed E-state index contributed by atoms with van der Waals surface area (Å²) in [5.41, 5.74) is 8.62. The van der Waals surface area contributed by atoms with Gasteiger partial charge in [-0.25, -0.2) is 4.99 Å². The van der Waals surface area contributed by atoms with Gasteiger partial charge in [0.2, 0.25) is 0 Å². The molecule has 2 amide bonds. The Bertz CT molecular complexity index is 1820. The molecule has 2 aromatic heterocycles. The summed E-state index contributed by atoms with van der Waals surface area (Å²) in [5.74, 6) is -2.36. The second kappa shape index (κ2) is 12.5. The van der Waals surface area contributed by atoms with Gasteiger partial charge in [0, 0.05) is 51.8 Å². The summed E-state index contributed by atoms with van der Waals surface area (Å²) in [5, 5.41) is 23.1. The van der Waals surface area contributed by atoms with Gasteiger partial charge in [0.1, 0.15) is 0 Å². The van der Waals surface area contributed by atoms with Gasteiger partial charge in [-0.05, 0) is 98.6 Å². The van der Waals surface area contributed by atoms with Crippen LogP contribution in [0, 0.1) is 13.8 Å². The Morgan fingerprint density at radius 2 is 1.49 bits per heavy atom. The molecule has 0 spiro atoms. The topological polar surface area (TPSA) is 165 Å². The van der Waals surface area contributed by atoms with E-state index in [1.165, 1.54) is 6.08 Å². The highest BCUT2D eigenvalue weighted by Gasteiger charge is 2.24. The van der Waals surface area contributed by atoms with E-state index in [1.54, 1.807) is 19.9 Å². The van der Waals surface area contributed by atoms with Crippen LogP contribution in [0.5, 0.6) is 0 Å². The third kappa shape index (κ3) is 6.28. The van der Waals surface area contributed by atoms with Crippen LogP contribution in [0.3, 0.4) is 0 Å². The van der Waals surface area contributed by atoms with E-state index in [-0.39, 0.29) is 37.5 Å². The normalized spacial score (nSPS) is 17.0. The van der Waals surface area contributed by atoms with Gasteiger partial charge in [-0.1, -0.05) is 19.6 Å². The molecular formula is C33H36N4O6. The summed E-state index contributed by atoms with van der Waals surface area (Å²) in [6.45, 7) is 13.1. The third-order valence-electron chi connectivity index (χ3n) is 8.10. The van der Waals surface area contributed by atoms with Gasteiger partial charge >= 0.3 is 11.9 Å². The zero-order chi connectivity index (χ0) is 31.6. The second-order valence-electron chi connectivity index (χ2n) is 10.7. The summed E-state index contributed by atoms with van der Waals surface area (Å²) in [6.07, 6.45) is 8.02. The first-order valence-corrected chi connectivity index (χ1v) is 14.1. The van der Waals surface area contributed by atoms with E-state index in [0.717, 1.165) is 33.5 Å². The van der Waals surface area contributed by atoms with Gasteiger partial charge in [-0.3, -0.25) is 19.2 Å². The summed E-state index contributed by atoms with van der Waals surface area (Å²) in [6, 6.07) is 0. The number of aliphatic imine (C=N–C) groups is 1. The molecule has 43 heavy (non-hydrogen) atoms. The minimum Gasteiger partial charge on any atom is -0.481 e. The van der Waals surface area contributed by atoms with Gasteiger partial charge in [0.25, 0.3) is 11.8 Å². The molecule has 2 aliphatic rings. The summed E-state index contributed by atoms with van der Waals surface area (Å²) in [4.78, 5) is 58.5. The third-order valence-corrected chi connectivity index (χ3v) is 8.10. The fraction of sp³-hybridized carbons (Fsp3) is 0.303. The first-order chi connectivity index (χ1) is 20.4. The van der Waals surface area contributed by atoms with Crippen molar-refractivity contribution in [1.29, 1.82) is 0 Å². The van der Waals surface area contributed by atoms with Crippen LogP contribution in [-0.4, -0.2) is 49.6 Å². The van der Waals surface area contributed by atoms with Gasteiger partial charge in [0.05, 0.1) is 5.71 Å². The Kier molecular flexibility index (Phi) is 8.99. The number of aliphatic carboxylic acids is 2. The molecule has 5 N–H and O–H groups in total. The molecule has 10 nitrogen and oxygen atoms in total. The SMILES string of the molecule is C=CC1=C(C)C(/C=c2/[nH]/c(=C\c3[nH]c(/C=C4\NC(=O)C(C)=C4CC)c(C)c3CCC(=O)O)c(CCC(=O)O)c2C)=NC1=O. The smallest absolute Gasteiger partial charge is 0.303 e. The fourth-order valence-electron chi connectivity index (χ4n) is 5.57. The molecule has 0 saturated carbocycles. The lowest BCUT2D eigenvalue weighted by Crippen LogP contribution is -2.15. The Balaban J connectivity index is 1.91. The van der Waals surface area contributed by atoms with E-state index >= 15 is 0 Å². The Labute approximate surface area is 249 Å². The maximum absolute atomic E-state index is 12.3. The van der Waals surface area contributed by atoms with Crippen LogP contribution >= 0.6 is 0 Å². The summed E-state index contributed by atoms with van der Waals surface area (Å²) >= 11 is 0. The number of carbonyl (C=O) groups excluding carboxylic acids is 2. The number of rotatable bonds is 11. The number of nitrogens with one attached hydrogen (secondary N) is 3. The summed E-state index contributed by atoms with van der Waals surface area (Å²) in [7, 11) is 0.